The molecule has 0 radical (unpaired) electrons. The van der Waals surface area contributed by atoms with Gasteiger partial charge in [-0.05, 0) is 91.7 Å². The van der Waals surface area contributed by atoms with E-state index in [0.29, 0.717) is 29.1 Å². The Kier molecular flexibility index (Phi) is 6.64. The first-order valence-corrected chi connectivity index (χ1v) is 12.5. The molecule has 0 saturated heterocycles. The summed E-state index contributed by atoms with van der Waals surface area (Å²) in [5.41, 5.74) is 6.87. The Morgan fingerprint density at radius 2 is 1.36 bits per heavy atom. The van der Waals surface area contributed by atoms with E-state index < -0.39 is 11.8 Å². The predicted molar refractivity (Wildman–Crippen MR) is 132 cm³/mol. The van der Waals surface area contributed by atoms with Crippen molar-refractivity contribution in [1.29, 1.82) is 5.26 Å². The van der Waals surface area contributed by atoms with Crippen molar-refractivity contribution < 1.29 is 19.1 Å². The SMILES string of the molecule is N#Cc1ccc(-c2ccc(OCC(=O)NNC(=O)CNC(=O)C34CC5CC(CC(C5)C3)C4)cc2)cc1. The fourth-order valence-corrected chi connectivity index (χ4v) is 6.59. The van der Waals surface area contributed by atoms with Gasteiger partial charge in [0.25, 0.3) is 11.8 Å². The van der Waals surface area contributed by atoms with Crippen molar-refractivity contribution in [2.45, 2.75) is 38.5 Å². The molecule has 36 heavy (non-hydrogen) atoms. The summed E-state index contributed by atoms with van der Waals surface area (Å²) in [5, 5.41) is 11.7. The summed E-state index contributed by atoms with van der Waals surface area (Å²) in [5.74, 6) is 1.47. The number of hydrazine groups is 1. The van der Waals surface area contributed by atoms with Crippen LogP contribution in [0.15, 0.2) is 48.5 Å². The number of nitrogens with one attached hydrogen (secondary N) is 3. The molecule has 8 nitrogen and oxygen atoms in total. The van der Waals surface area contributed by atoms with Crippen molar-refractivity contribution in [2.24, 2.45) is 23.2 Å². The molecule has 0 spiro atoms. The molecule has 2 aromatic rings. The van der Waals surface area contributed by atoms with Crippen molar-refractivity contribution in [3.63, 3.8) is 0 Å². The molecule has 4 fully saturated rings. The molecule has 186 valence electrons. The third-order valence-corrected chi connectivity index (χ3v) is 7.84. The molecule has 6 rings (SSSR count). The quantitative estimate of drug-likeness (QED) is 0.520. The third-order valence-electron chi connectivity index (χ3n) is 7.84. The zero-order valence-corrected chi connectivity index (χ0v) is 20.1. The molecule has 4 bridgehead atoms. The fourth-order valence-electron chi connectivity index (χ4n) is 6.59. The predicted octanol–water partition coefficient (Wildman–Crippen LogP) is 3.08. The molecule has 0 aliphatic heterocycles. The van der Waals surface area contributed by atoms with E-state index >= 15 is 0 Å². The molecule has 3 amide bonds. The standard InChI is InChI=1S/C28H30N4O4/c29-15-18-1-3-22(4-2-18)23-5-7-24(8-6-23)36-17-26(34)32-31-25(33)16-30-27(35)28-12-19-9-20(13-28)11-21(10-19)14-28/h1-8,19-21H,9-14,16-17H2,(H,30,35)(H,31,33)(H,32,34). The van der Waals surface area contributed by atoms with Crippen LogP contribution >= 0.6 is 0 Å². The van der Waals surface area contributed by atoms with Crippen molar-refractivity contribution in [3.8, 4) is 22.9 Å². The number of rotatable bonds is 7. The highest BCUT2D eigenvalue weighted by Crippen LogP contribution is 2.60. The number of hydrogen-bond acceptors (Lipinski definition) is 5. The van der Waals surface area contributed by atoms with E-state index in [-0.39, 0.29) is 24.5 Å². The van der Waals surface area contributed by atoms with Gasteiger partial charge < -0.3 is 10.1 Å². The summed E-state index contributed by atoms with van der Waals surface area (Å²) in [6.07, 6.45) is 6.58. The van der Waals surface area contributed by atoms with Crippen molar-refractivity contribution in [3.05, 3.63) is 54.1 Å². The average Bonchev–Trinajstić information content (AvgIpc) is 2.89. The lowest BCUT2D eigenvalue weighted by atomic mass is 9.49. The van der Waals surface area contributed by atoms with E-state index in [1.165, 1.54) is 19.3 Å². The molecular formula is C28H30N4O4. The number of carbonyl (C=O) groups is 3. The zero-order chi connectivity index (χ0) is 25.1. The van der Waals surface area contributed by atoms with Gasteiger partial charge >= 0.3 is 0 Å². The number of amides is 3. The van der Waals surface area contributed by atoms with Crippen LogP contribution in [0.4, 0.5) is 0 Å². The minimum Gasteiger partial charge on any atom is -0.484 e. The number of carbonyl (C=O) groups excluding carboxylic acids is 3. The lowest BCUT2D eigenvalue weighted by Crippen LogP contribution is -2.55. The lowest BCUT2D eigenvalue weighted by molar-refractivity contribution is -0.147. The van der Waals surface area contributed by atoms with E-state index in [4.69, 9.17) is 10.00 Å². The van der Waals surface area contributed by atoms with Gasteiger partial charge in [0, 0.05) is 5.41 Å². The Bertz CT molecular complexity index is 1150. The molecule has 2 aromatic carbocycles. The molecule has 4 aliphatic carbocycles. The molecular weight excluding hydrogens is 456 g/mol. The van der Waals surface area contributed by atoms with E-state index in [0.717, 1.165) is 30.4 Å². The van der Waals surface area contributed by atoms with Gasteiger partial charge in [-0.1, -0.05) is 24.3 Å². The first kappa shape index (κ1) is 23.9. The van der Waals surface area contributed by atoms with Crippen LogP contribution in [0, 0.1) is 34.5 Å². The highest BCUT2D eigenvalue weighted by molar-refractivity contribution is 5.89. The van der Waals surface area contributed by atoms with Crippen molar-refractivity contribution in [1.82, 2.24) is 16.2 Å². The topological polar surface area (TPSA) is 120 Å². The van der Waals surface area contributed by atoms with Crippen LogP contribution in [-0.2, 0) is 14.4 Å². The molecule has 4 saturated carbocycles. The van der Waals surface area contributed by atoms with E-state index in [1.54, 1.807) is 24.3 Å². The van der Waals surface area contributed by atoms with Crippen LogP contribution < -0.4 is 20.9 Å². The van der Waals surface area contributed by atoms with Gasteiger partial charge in [0.1, 0.15) is 5.75 Å². The molecule has 0 heterocycles. The maximum atomic E-state index is 12.9. The normalized spacial score (nSPS) is 25.5. The second-order valence-corrected chi connectivity index (χ2v) is 10.5. The Balaban J connectivity index is 1.02. The molecule has 3 N–H and O–H groups in total. The number of benzene rings is 2. The smallest absolute Gasteiger partial charge is 0.276 e. The number of hydrogen-bond donors (Lipinski definition) is 3. The van der Waals surface area contributed by atoms with Gasteiger partial charge in [0.2, 0.25) is 5.91 Å². The molecule has 4 aliphatic rings. The molecule has 0 unspecified atom stereocenters. The molecule has 0 atom stereocenters. The Hall–Kier alpha value is -3.86. The second kappa shape index (κ2) is 10.0. The van der Waals surface area contributed by atoms with Crippen LogP contribution in [0.1, 0.15) is 44.1 Å². The summed E-state index contributed by atoms with van der Waals surface area (Å²) in [4.78, 5) is 37.2. The van der Waals surface area contributed by atoms with Gasteiger partial charge in [0.15, 0.2) is 6.61 Å². The minimum absolute atomic E-state index is 0.0177. The summed E-state index contributed by atoms with van der Waals surface area (Å²) in [6, 6.07) is 16.6. The van der Waals surface area contributed by atoms with Gasteiger partial charge in [0.05, 0.1) is 18.2 Å². The lowest BCUT2D eigenvalue weighted by Gasteiger charge is -2.55. The van der Waals surface area contributed by atoms with Crippen molar-refractivity contribution >= 4 is 17.7 Å². The first-order chi connectivity index (χ1) is 17.4. The van der Waals surface area contributed by atoms with Crippen LogP contribution in [0.25, 0.3) is 11.1 Å². The summed E-state index contributed by atoms with van der Waals surface area (Å²) < 4.78 is 5.49. The monoisotopic (exact) mass is 486 g/mol. The van der Waals surface area contributed by atoms with Crippen LogP contribution in [0.2, 0.25) is 0 Å². The van der Waals surface area contributed by atoms with E-state index in [2.05, 4.69) is 22.2 Å². The maximum Gasteiger partial charge on any atom is 0.276 e. The van der Waals surface area contributed by atoms with Gasteiger partial charge in [-0.15, -0.1) is 0 Å². The summed E-state index contributed by atoms with van der Waals surface area (Å²) in [7, 11) is 0. The largest absolute Gasteiger partial charge is 0.484 e. The summed E-state index contributed by atoms with van der Waals surface area (Å²) in [6.45, 7) is -0.436. The van der Waals surface area contributed by atoms with Gasteiger partial charge in [-0.2, -0.15) is 5.26 Å². The second-order valence-electron chi connectivity index (χ2n) is 10.5. The highest BCUT2D eigenvalue weighted by atomic mass is 16.5. The Labute approximate surface area is 210 Å². The van der Waals surface area contributed by atoms with E-state index in [1.807, 2.05) is 24.3 Å². The average molecular weight is 487 g/mol. The first-order valence-electron chi connectivity index (χ1n) is 12.5. The van der Waals surface area contributed by atoms with Gasteiger partial charge in [-0.3, -0.25) is 25.2 Å². The zero-order valence-electron chi connectivity index (χ0n) is 20.1. The number of nitrogens with zero attached hydrogens (tertiary/aromatic N) is 1. The minimum atomic E-state index is -0.507. The fraction of sp³-hybridized carbons (Fsp3) is 0.429. The molecule has 8 heteroatoms. The number of ether oxygens (including phenoxy) is 1. The number of nitriles is 1. The Morgan fingerprint density at radius 1 is 0.833 bits per heavy atom. The van der Waals surface area contributed by atoms with Crippen molar-refractivity contribution in [2.75, 3.05) is 13.2 Å². The van der Waals surface area contributed by atoms with E-state index in [9.17, 15) is 14.4 Å². The van der Waals surface area contributed by atoms with Crippen LogP contribution in [-0.4, -0.2) is 30.9 Å². The Morgan fingerprint density at radius 3 is 1.92 bits per heavy atom. The summed E-state index contributed by atoms with van der Waals surface area (Å²) >= 11 is 0. The third kappa shape index (κ3) is 5.20. The highest BCUT2D eigenvalue weighted by Gasteiger charge is 2.54. The van der Waals surface area contributed by atoms with Gasteiger partial charge in [-0.25, -0.2) is 0 Å². The maximum absolute atomic E-state index is 12.9. The van der Waals surface area contributed by atoms with Crippen LogP contribution in [0.3, 0.4) is 0 Å². The molecule has 0 aromatic heterocycles. The van der Waals surface area contributed by atoms with Crippen LogP contribution in [0.5, 0.6) is 5.75 Å².